The van der Waals surface area contributed by atoms with Crippen molar-refractivity contribution in [1.82, 2.24) is 0 Å². The van der Waals surface area contributed by atoms with Crippen LogP contribution in [0.3, 0.4) is 0 Å². The summed E-state index contributed by atoms with van der Waals surface area (Å²) < 4.78 is 11.4. The molecule has 2 aliphatic carbocycles. The lowest BCUT2D eigenvalue weighted by atomic mass is 9.45. The minimum absolute atomic E-state index is 0.0446. The zero-order chi connectivity index (χ0) is 25.4. The number of allylic oxidation sites excluding steroid dienone is 3. The van der Waals surface area contributed by atoms with Crippen LogP contribution in [0, 0.1) is 36.5 Å². The highest BCUT2D eigenvalue weighted by molar-refractivity contribution is 5.66. The quantitative estimate of drug-likeness (QED) is 0.376. The fraction of sp³-hybridized carbons (Fsp3) is 0.655. The summed E-state index contributed by atoms with van der Waals surface area (Å²) in [6.07, 6.45) is 7.96. The van der Waals surface area contributed by atoms with E-state index < -0.39 is 5.63 Å². The first-order valence-corrected chi connectivity index (χ1v) is 12.6. The molecule has 1 heterocycles. The predicted octanol–water partition coefficient (Wildman–Crippen LogP) is 6.57. The standard InChI is InChI=1S/C29H42O5/c1-17(2)10-9-14-29(8)24-12-11-18(3)23(28(24,7)15-13-25(29)34-21(6)30)16-22-26(31)19(4)20(5)33-27(22)32/h10,23-25,31H,3,9,11-16H2,1-2,4-8H3/t23-,24-,25+,28+,29+/m0/s1. The molecule has 5 atom stereocenters. The van der Waals surface area contributed by atoms with Crippen molar-refractivity contribution in [1.29, 1.82) is 0 Å². The Balaban J connectivity index is 2.02. The van der Waals surface area contributed by atoms with Crippen LogP contribution < -0.4 is 5.63 Å². The van der Waals surface area contributed by atoms with Crippen molar-refractivity contribution < 1.29 is 19.1 Å². The number of esters is 1. The molecule has 0 spiro atoms. The minimum atomic E-state index is -0.459. The van der Waals surface area contributed by atoms with Gasteiger partial charge in [-0.3, -0.25) is 4.79 Å². The molecule has 1 aromatic heterocycles. The van der Waals surface area contributed by atoms with Crippen LogP contribution in [0.1, 0.15) is 90.0 Å². The van der Waals surface area contributed by atoms with Crippen molar-refractivity contribution in [3.05, 3.63) is 51.1 Å². The summed E-state index contributed by atoms with van der Waals surface area (Å²) in [5.41, 5.74) is 2.63. The number of fused-ring (bicyclic) bond motifs is 1. The summed E-state index contributed by atoms with van der Waals surface area (Å²) >= 11 is 0. The molecule has 0 aliphatic heterocycles. The van der Waals surface area contributed by atoms with E-state index in [4.69, 9.17) is 9.15 Å². The smallest absolute Gasteiger partial charge is 0.342 e. The number of aryl methyl sites for hydroxylation is 1. The Bertz CT molecular complexity index is 1040. The number of ether oxygens (including phenoxy) is 1. The third-order valence-corrected chi connectivity index (χ3v) is 8.93. The molecule has 0 bridgehead atoms. The van der Waals surface area contributed by atoms with Gasteiger partial charge in [-0.25, -0.2) is 4.79 Å². The highest BCUT2D eigenvalue weighted by atomic mass is 16.5. The molecule has 3 rings (SSSR count). The van der Waals surface area contributed by atoms with Crippen molar-refractivity contribution in [2.75, 3.05) is 0 Å². The van der Waals surface area contributed by atoms with E-state index in [1.165, 1.54) is 12.5 Å². The van der Waals surface area contributed by atoms with Crippen LogP contribution in [-0.2, 0) is 16.0 Å². The molecular formula is C29H42O5. The predicted molar refractivity (Wildman–Crippen MR) is 135 cm³/mol. The van der Waals surface area contributed by atoms with Gasteiger partial charge in [-0.15, -0.1) is 0 Å². The number of carbonyl (C=O) groups excluding carboxylic acids is 1. The summed E-state index contributed by atoms with van der Waals surface area (Å²) in [4.78, 5) is 24.7. The molecule has 188 valence electrons. The van der Waals surface area contributed by atoms with Gasteiger partial charge in [-0.1, -0.05) is 37.6 Å². The highest BCUT2D eigenvalue weighted by Gasteiger charge is 2.58. The molecule has 0 aromatic carbocycles. The lowest BCUT2D eigenvalue weighted by molar-refractivity contribution is -0.178. The maximum atomic E-state index is 12.7. The average Bonchev–Trinajstić information content (AvgIpc) is 2.73. The molecule has 1 aromatic rings. The average molecular weight is 471 g/mol. The van der Waals surface area contributed by atoms with Crippen LogP contribution in [0.25, 0.3) is 0 Å². The first kappa shape index (κ1) is 26.3. The molecule has 2 saturated carbocycles. The number of carbonyl (C=O) groups is 1. The zero-order valence-electron chi connectivity index (χ0n) is 22.0. The summed E-state index contributed by atoms with van der Waals surface area (Å²) in [6, 6.07) is 0. The van der Waals surface area contributed by atoms with Crippen LogP contribution in [-0.4, -0.2) is 17.2 Å². The van der Waals surface area contributed by atoms with Crippen molar-refractivity contribution in [3.8, 4) is 5.75 Å². The Morgan fingerprint density at radius 1 is 1.24 bits per heavy atom. The van der Waals surface area contributed by atoms with Crippen molar-refractivity contribution in [2.24, 2.45) is 22.7 Å². The fourth-order valence-corrected chi connectivity index (χ4v) is 6.90. The molecule has 2 aliphatic rings. The summed E-state index contributed by atoms with van der Waals surface area (Å²) in [7, 11) is 0. The normalized spacial score (nSPS) is 31.0. The van der Waals surface area contributed by atoms with Crippen molar-refractivity contribution >= 4 is 5.97 Å². The first-order chi connectivity index (χ1) is 15.8. The van der Waals surface area contributed by atoms with E-state index >= 15 is 0 Å². The lowest BCUT2D eigenvalue weighted by Gasteiger charge is -2.61. The summed E-state index contributed by atoms with van der Waals surface area (Å²) in [5.74, 6) is 0.623. The SMILES string of the molecule is C=C1CC[C@H]2[C@](C)(CC[C@@H](OC(C)=O)[C@]2(C)CCC=C(C)C)[C@H]1Cc1c(O)c(C)c(C)oc1=O. The van der Waals surface area contributed by atoms with E-state index in [1.54, 1.807) is 13.8 Å². The van der Waals surface area contributed by atoms with E-state index in [9.17, 15) is 14.7 Å². The second-order valence-corrected chi connectivity index (χ2v) is 11.4. The third-order valence-electron chi connectivity index (χ3n) is 8.93. The van der Waals surface area contributed by atoms with E-state index in [-0.39, 0.29) is 34.6 Å². The van der Waals surface area contributed by atoms with Gasteiger partial charge in [0.1, 0.15) is 17.6 Å². The lowest BCUT2D eigenvalue weighted by Crippen LogP contribution is -2.57. The Kier molecular flexibility index (Phi) is 7.54. The van der Waals surface area contributed by atoms with Gasteiger partial charge in [0.05, 0.1) is 5.56 Å². The molecule has 2 fully saturated rings. The van der Waals surface area contributed by atoms with E-state index in [0.29, 0.717) is 29.2 Å². The van der Waals surface area contributed by atoms with Gasteiger partial charge in [0, 0.05) is 17.9 Å². The van der Waals surface area contributed by atoms with Gasteiger partial charge in [0.2, 0.25) is 0 Å². The molecule has 0 unspecified atom stereocenters. The van der Waals surface area contributed by atoms with E-state index in [1.807, 2.05) is 0 Å². The van der Waals surface area contributed by atoms with Gasteiger partial charge >= 0.3 is 11.6 Å². The molecule has 5 nitrogen and oxygen atoms in total. The Labute approximate surface area is 204 Å². The second-order valence-electron chi connectivity index (χ2n) is 11.4. The van der Waals surface area contributed by atoms with Crippen molar-refractivity contribution in [2.45, 2.75) is 99.5 Å². The monoisotopic (exact) mass is 470 g/mol. The van der Waals surface area contributed by atoms with E-state index in [0.717, 1.165) is 44.1 Å². The van der Waals surface area contributed by atoms with Gasteiger partial charge in [-0.2, -0.15) is 0 Å². The fourth-order valence-electron chi connectivity index (χ4n) is 6.90. The Morgan fingerprint density at radius 2 is 1.91 bits per heavy atom. The minimum Gasteiger partial charge on any atom is -0.507 e. The second kappa shape index (κ2) is 9.75. The number of rotatable bonds is 6. The zero-order valence-corrected chi connectivity index (χ0v) is 22.0. The summed E-state index contributed by atoms with van der Waals surface area (Å²) in [5, 5.41) is 10.8. The molecule has 34 heavy (non-hydrogen) atoms. The van der Waals surface area contributed by atoms with Crippen LogP contribution in [0.4, 0.5) is 0 Å². The highest BCUT2D eigenvalue weighted by Crippen LogP contribution is 2.63. The van der Waals surface area contributed by atoms with E-state index in [2.05, 4.69) is 40.3 Å². The van der Waals surface area contributed by atoms with Gasteiger partial charge in [0.15, 0.2) is 0 Å². The number of hydrogen-bond acceptors (Lipinski definition) is 5. The maximum Gasteiger partial charge on any atom is 0.342 e. The van der Waals surface area contributed by atoms with Crippen molar-refractivity contribution in [3.63, 3.8) is 0 Å². The molecule has 5 heteroatoms. The Hall–Kier alpha value is -2.30. The summed E-state index contributed by atoms with van der Waals surface area (Å²) in [6.45, 7) is 18.2. The molecule has 0 radical (unpaired) electrons. The number of hydrogen-bond donors (Lipinski definition) is 1. The molecule has 0 amide bonds. The number of aromatic hydroxyl groups is 1. The Morgan fingerprint density at radius 3 is 2.53 bits per heavy atom. The molecule has 1 N–H and O–H groups in total. The van der Waals surface area contributed by atoms with Crippen LogP contribution in [0.15, 0.2) is 33.0 Å². The van der Waals surface area contributed by atoms with Crippen LogP contribution in [0.2, 0.25) is 0 Å². The largest absolute Gasteiger partial charge is 0.507 e. The van der Waals surface area contributed by atoms with Gasteiger partial charge in [0.25, 0.3) is 0 Å². The van der Waals surface area contributed by atoms with Gasteiger partial charge < -0.3 is 14.3 Å². The third kappa shape index (κ3) is 4.76. The first-order valence-electron chi connectivity index (χ1n) is 12.6. The molecule has 0 saturated heterocycles. The molecular weight excluding hydrogens is 428 g/mol. The van der Waals surface area contributed by atoms with Crippen LogP contribution in [0.5, 0.6) is 5.75 Å². The van der Waals surface area contributed by atoms with Crippen LogP contribution >= 0.6 is 0 Å². The van der Waals surface area contributed by atoms with Gasteiger partial charge in [-0.05, 0) is 89.9 Å². The topological polar surface area (TPSA) is 76.7 Å². The maximum absolute atomic E-state index is 12.7.